The van der Waals surface area contributed by atoms with Crippen LogP contribution in [0.25, 0.3) is 0 Å². The van der Waals surface area contributed by atoms with Gasteiger partial charge in [-0.1, -0.05) is 24.1 Å². The fourth-order valence-corrected chi connectivity index (χ4v) is 1.78. The van der Waals surface area contributed by atoms with Crippen LogP contribution < -0.4 is 16.4 Å². The smallest absolute Gasteiger partial charge is 0.312 e. The summed E-state index contributed by atoms with van der Waals surface area (Å²) in [6.07, 6.45) is 2.90. The molecule has 0 atom stereocenters. The van der Waals surface area contributed by atoms with Crippen LogP contribution in [-0.2, 0) is 4.79 Å². The number of nitrogens with one attached hydrogen (secondary N) is 2. The fraction of sp³-hybridized carbons (Fsp3) is 0.385. The molecule has 1 aromatic rings. The molecule has 0 aliphatic rings. The molecule has 104 valence electrons. The maximum absolute atomic E-state index is 11.6. The summed E-state index contributed by atoms with van der Waals surface area (Å²) in [4.78, 5) is 22.0. The van der Waals surface area contributed by atoms with Crippen LogP contribution in [0, 0.1) is 0 Å². The van der Waals surface area contributed by atoms with Crippen molar-refractivity contribution in [2.24, 2.45) is 5.73 Å². The Morgan fingerprint density at radius 3 is 2.68 bits per heavy atom. The van der Waals surface area contributed by atoms with Gasteiger partial charge in [-0.3, -0.25) is 4.79 Å². The molecule has 1 aromatic carbocycles. The minimum Gasteiger partial charge on any atom is -0.352 e. The van der Waals surface area contributed by atoms with Gasteiger partial charge in [0.2, 0.25) is 5.91 Å². The minimum absolute atomic E-state index is 0.0369. The first kappa shape index (κ1) is 15.3. The highest BCUT2D eigenvalue weighted by atomic mass is 35.5. The van der Waals surface area contributed by atoms with Crippen LogP contribution in [0.3, 0.4) is 0 Å². The molecule has 3 amide bonds. The average Bonchev–Trinajstić information content (AvgIpc) is 2.33. The van der Waals surface area contributed by atoms with Gasteiger partial charge >= 0.3 is 6.03 Å². The second kappa shape index (κ2) is 8.37. The van der Waals surface area contributed by atoms with E-state index < -0.39 is 6.03 Å². The second-order valence-electron chi connectivity index (χ2n) is 4.16. The second-order valence-corrected chi connectivity index (χ2v) is 4.60. The van der Waals surface area contributed by atoms with E-state index in [4.69, 9.17) is 17.3 Å². The van der Waals surface area contributed by atoms with Gasteiger partial charge in [0.1, 0.15) is 0 Å². The van der Waals surface area contributed by atoms with Crippen molar-refractivity contribution in [1.82, 2.24) is 5.32 Å². The van der Waals surface area contributed by atoms with Crippen LogP contribution in [0.15, 0.2) is 24.3 Å². The summed E-state index contributed by atoms with van der Waals surface area (Å²) in [7, 11) is 0. The maximum atomic E-state index is 11.6. The molecule has 4 N–H and O–H groups in total. The summed E-state index contributed by atoms with van der Waals surface area (Å²) in [5.41, 5.74) is 5.63. The van der Waals surface area contributed by atoms with E-state index in [9.17, 15) is 9.59 Å². The van der Waals surface area contributed by atoms with Gasteiger partial charge in [0, 0.05) is 23.7 Å². The van der Waals surface area contributed by atoms with Crippen molar-refractivity contribution < 1.29 is 9.59 Å². The van der Waals surface area contributed by atoms with E-state index in [2.05, 4.69) is 10.6 Å². The van der Waals surface area contributed by atoms with Crippen molar-refractivity contribution in [2.45, 2.75) is 25.7 Å². The number of urea groups is 1. The van der Waals surface area contributed by atoms with Crippen molar-refractivity contribution in [2.75, 3.05) is 11.9 Å². The zero-order valence-corrected chi connectivity index (χ0v) is 11.4. The van der Waals surface area contributed by atoms with Gasteiger partial charge in [0.25, 0.3) is 0 Å². The van der Waals surface area contributed by atoms with Crippen molar-refractivity contribution >= 4 is 29.2 Å². The summed E-state index contributed by atoms with van der Waals surface area (Å²) in [5.74, 6) is -0.0369. The first-order valence-corrected chi connectivity index (χ1v) is 6.54. The lowest BCUT2D eigenvalue weighted by atomic mass is 10.2. The summed E-state index contributed by atoms with van der Waals surface area (Å²) in [5, 5.41) is 5.87. The lowest BCUT2D eigenvalue weighted by Crippen LogP contribution is -2.29. The van der Waals surface area contributed by atoms with Gasteiger partial charge in [0.15, 0.2) is 0 Å². The predicted octanol–water partition coefficient (Wildman–Crippen LogP) is 2.51. The quantitative estimate of drug-likeness (QED) is 0.672. The van der Waals surface area contributed by atoms with Crippen LogP contribution in [0.2, 0.25) is 5.02 Å². The summed E-state index contributed by atoms with van der Waals surface area (Å²) in [6.45, 7) is 0.547. The Kier molecular flexibility index (Phi) is 6.74. The summed E-state index contributed by atoms with van der Waals surface area (Å²) >= 11 is 5.82. The number of hydrogen-bond donors (Lipinski definition) is 3. The molecule has 0 aliphatic carbocycles. The van der Waals surface area contributed by atoms with Crippen molar-refractivity contribution in [3.05, 3.63) is 29.3 Å². The minimum atomic E-state index is -0.515. The predicted molar refractivity (Wildman–Crippen MR) is 76.1 cm³/mol. The Morgan fingerprint density at radius 1 is 1.21 bits per heavy atom. The number of carbonyl (C=O) groups is 2. The van der Waals surface area contributed by atoms with Gasteiger partial charge in [-0.15, -0.1) is 0 Å². The van der Waals surface area contributed by atoms with E-state index in [1.807, 2.05) is 0 Å². The molecular formula is C13H18ClN3O2. The Hall–Kier alpha value is -1.75. The largest absolute Gasteiger partial charge is 0.352 e. The number of unbranched alkanes of at least 4 members (excludes halogenated alkanes) is 2. The van der Waals surface area contributed by atoms with E-state index in [0.29, 0.717) is 23.7 Å². The highest BCUT2D eigenvalue weighted by Gasteiger charge is 2.02. The normalized spacial score (nSPS) is 9.95. The first-order chi connectivity index (χ1) is 9.08. The van der Waals surface area contributed by atoms with E-state index >= 15 is 0 Å². The van der Waals surface area contributed by atoms with Gasteiger partial charge < -0.3 is 16.4 Å². The number of rotatable bonds is 7. The molecule has 19 heavy (non-hydrogen) atoms. The van der Waals surface area contributed by atoms with E-state index in [1.165, 1.54) is 0 Å². The zero-order chi connectivity index (χ0) is 14.1. The maximum Gasteiger partial charge on any atom is 0.312 e. The Bertz CT molecular complexity index is 438. The van der Waals surface area contributed by atoms with Gasteiger partial charge in [-0.05, 0) is 31.0 Å². The van der Waals surface area contributed by atoms with Crippen LogP contribution in [0.5, 0.6) is 0 Å². The van der Waals surface area contributed by atoms with E-state index in [0.717, 1.165) is 19.3 Å². The molecule has 0 aromatic heterocycles. The van der Waals surface area contributed by atoms with Crippen LogP contribution in [0.4, 0.5) is 10.5 Å². The molecule has 0 radical (unpaired) electrons. The molecule has 0 fully saturated rings. The standard InChI is InChI=1S/C13H18ClN3O2/c14-10-5-4-6-11(9-10)17-12(18)7-2-1-3-8-16-13(15)19/h4-6,9H,1-3,7-8H2,(H,17,18)(H3,15,16,19). The lowest BCUT2D eigenvalue weighted by Gasteiger charge is -2.05. The number of anilines is 1. The van der Waals surface area contributed by atoms with E-state index in [1.54, 1.807) is 24.3 Å². The molecule has 0 aliphatic heterocycles. The number of amides is 3. The molecule has 1 rings (SSSR count). The Balaban J connectivity index is 2.13. The Morgan fingerprint density at radius 2 is 2.00 bits per heavy atom. The number of nitrogens with two attached hydrogens (primary N) is 1. The molecule has 5 nitrogen and oxygen atoms in total. The molecule has 0 spiro atoms. The fourth-order valence-electron chi connectivity index (χ4n) is 1.59. The van der Waals surface area contributed by atoms with Crippen LogP contribution >= 0.6 is 11.6 Å². The highest BCUT2D eigenvalue weighted by molar-refractivity contribution is 6.30. The van der Waals surface area contributed by atoms with Crippen molar-refractivity contribution in [3.8, 4) is 0 Å². The topological polar surface area (TPSA) is 84.2 Å². The summed E-state index contributed by atoms with van der Waals surface area (Å²) in [6, 6.07) is 6.52. The number of hydrogen-bond acceptors (Lipinski definition) is 2. The number of primary amides is 1. The third-order valence-electron chi connectivity index (χ3n) is 2.49. The molecule has 0 bridgehead atoms. The molecular weight excluding hydrogens is 266 g/mol. The highest BCUT2D eigenvalue weighted by Crippen LogP contribution is 2.15. The lowest BCUT2D eigenvalue weighted by molar-refractivity contribution is -0.116. The Labute approximate surface area is 117 Å². The number of benzene rings is 1. The van der Waals surface area contributed by atoms with Crippen LogP contribution in [0.1, 0.15) is 25.7 Å². The monoisotopic (exact) mass is 283 g/mol. The molecule has 6 heteroatoms. The van der Waals surface area contributed by atoms with Gasteiger partial charge in [-0.2, -0.15) is 0 Å². The third-order valence-corrected chi connectivity index (χ3v) is 2.72. The summed E-state index contributed by atoms with van der Waals surface area (Å²) < 4.78 is 0. The molecule has 0 saturated carbocycles. The molecule has 0 heterocycles. The average molecular weight is 284 g/mol. The number of carbonyl (C=O) groups excluding carboxylic acids is 2. The first-order valence-electron chi connectivity index (χ1n) is 6.16. The van der Waals surface area contributed by atoms with Crippen molar-refractivity contribution in [3.63, 3.8) is 0 Å². The number of halogens is 1. The van der Waals surface area contributed by atoms with E-state index in [-0.39, 0.29) is 5.91 Å². The third kappa shape index (κ3) is 7.31. The van der Waals surface area contributed by atoms with Gasteiger partial charge in [0.05, 0.1) is 0 Å². The van der Waals surface area contributed by atoms with Gasteiger partial charge in [-0.25, -0.2) is 4.79 Å². The zero-order valence-electron chi connectivity index (χ0n) is 10.6. The van der Waals surface area contributed by atoms with Crippen LogP contribution in [-0.4, -0.2) is 18.5 Å². The SMILES string of the molecule is NC(=O)NCCCCCC(=O)Nc1cccc(Cl)c1. The van der Waals surface area contributed by atoms with Crippen molar-refractivity contribution in [1.29, 1.82) is 0 Å². The molecule has 0 saturated heterocycles. The molecule has 0 unspecified atom stereocenters.